The predicted octanol–water partition coefficient (Wildman–Crippen LogP) is 2.13. The molecule has 0 radical (unpaired) electrons. The summed E-state index contributed by atoms with van der Waals surface area (Å²) in [5, 5.41) is 3.19. The Morgan fingerprint density at radius 2 is 1.90 bits per heavy atom. The summed E-state index contributed by atoms with van der Waals surface area (Å²) in [6.45, 7) is 11.8. The molecular formula is C16H33N3O. The SMILES string of the molecule is CC(CCN)CCC(=O)NC1CCN(C(C)(C)C)CC1. The molecule has 1 aliphatic heterocycles. The summed E-state index contributed by atoms with van der Waals surface area (Å²) in [4.78, 5) is 14.4. The van der Waals surface area contributed by atoms with Gasteiger partial charge < -0.3 is 11.1 Å². The van der Waals surface area contributed by atoms with Gasteiger partial charge in [-0.1, -0.05) is 6.92 Å². The van der Waals surface area contributed by atoms with Crippen molar-refractivity contribution in [2.75, 3.05) is 19.6 Å². The average Bonchev–Trinajstić information content (AvgIpc) is 2.36. The van der Waals surface area contributed by atoms with Gasteiger partial charge in [-0.05, 0) is 58.9 Å². The van der Waals surface area contributed by atoms with Gasteiger partial charge in [0, 0.05) is 31.1 Å². The largest absolute Gasteiger partial charge is 0.353 e. The van der Waals surface area contributed by atoms with Gasteiger partial charge in [0.1, 0.15) is 0 Å². The van der Waals surface area contributed by atoms with E-state index in [1.165, 1.54) is 0 Å². The minimum Gasteiger partial charge on any atom is -0.353 e. The first-order valence-corrected chi connectivity index (χ1v) is 8.07. The lowest BCUT2D eigenvalue weighted by atomic mass is 9.97. The van der Waals surface area contributed by atoms with Crippen LogP contribution in [0.5, 0.6) is 0 Å². The minimum absolute atomic E-state index is 0.211. The molecule has 0 bridgehead atoms. The lowest BCUT2D eigenvalue weighted by Crippen LogP contribution is -2.50. The van der Waals surface area contributed by atoms with E-state index in [1.807, 2.05) is 0 Å². The third-order valence-electron chi connectivity index (χ3n) is 4.33. The maximum Gasteiger partial charge on any atom is 0.220 e. The molecule has 1 atom stereocenters. The van der Waals surface area contributed by atoms with E-state index < -0.39 is 0 Å². The van der Waals surface area contributed by atoms with Gasteiger partial charge in [0.05, 0.1) is 0 Å². The van der Waals surface area contributed by atoms with Gasteiger partial charge in [0.2, 0.25) is 5.91 Å². The first-order valence-electron chi connectivity index (χ1n) is 8.07. The quantitative estimate of drug-likeness (QED) is 0.785. The fraction of sp³-hybridized carbons (Fsp3) is 0.938. The molecule has 4 nitrogen and oxygen atoms in total. The van der Waals surface area contributed by atoms with Crippen LogP contribution in [0.3, 0.4) is 0 Å². The molecule has 1 saturated heterocycles. The average molecular weight is 283 g/mol. The van der Waals surface area contributed by atoms with E-state index in [0.29, 0.717) is 24.9 Å². The minimum atomic E-state index is 0.211. The van der Waals surface area contributed by atoms with Crippen molar-refractivity contribution in [3.8, 4) is 0 Å². The van der Waals surface area contributed by atoms with E-state index in [4.69, 9.17) is 5.73 Å². The smallest absolute Gasteiger partial charge is 0.220 e. The number of rotatable bonds is 6. The molecule has 1 heterocycles. The molecule has 0 aliphatic carbocycles. The van der Waals surface area contributed by atoms with Gasteiger partial charge >= 0.3 is 0 Å². The molecule has 0 aromatic heterocycles. The van der Waals surface area contributed by atoms with Crippen LogP contribution in [0, 0.1) is 5.92 Å². The fourth-order valence-electron chi connectivity index (χ4n) is 2.80. The molecule has 1 unspecified atom stereocenters. The summed E-state index contributed by atoms with van der Waals surface area (Å²) in [5.41, 5.74) is 5.77. The van der Waals surface area contributed by atoms with Crippen LogP contribution in [0.4, 0.5) is 0 Å². The Kier molecular flexibility index (Phi) is 6.96. The van der Waals surface area contributed by atoms with Crippen molar-refractivity contribution in [1.29, 1.82) is 0 Å². The molecule has 0 aromatic rings. The Morgan fingerprint density at radius 1 is 1.30 bits per heavy atom. The highest BCUT2D eigenvalue weighted by molar-refractivity contribution is 5.76. The molecule has 20 heavy (non-hydrogen) atoms. The second-order valence-electron chi connectivity index (χ2n) is 7.22. The number of hydrogen-bond acceptors (Lipinski definition) is 3. The van der Waals surface area contributed by atoms with E-state index >= 15 is 0 Å². The van der Waals surface area contributed by atoms with Gasteiger partial charge in [0.15, 0.2) is 0 Å². The lowest BCUT2D eigenvalue weighted by Gasteiger charge is -2.41. The van der Waals surface area contributed by atoms with Crippen LogP contribution in [0.15, 0.2) is 0 Å². The van der Waals surface area contributed by atoms with Crippen molar-refractivity contribution < 1.29 is 4.79 Å². The van der Waals surface area contributed by atoms with Gasteiger partial charge in [-0.25, -0.2) is 0 Å². The van der Waals surface area contributed by atoms with E-state index in [0.717, 1.165) is 38.8 Å². The summed E-state index contributed by atoms with van der Waals surface area (Å²) in [7, 11) is 0. The predicted molar refractivity (Wildman–Crippen MR) is 84.6 cm³/mol. The number of nitrogens with one attached hydrogen (secondary N) is 1. The van der Waals surface area contributed by atoms with Crippen molar-refractivity contribution in [3.05, 3.63) is 0 Å². The van der Waals surface area contributed by atoms with Crippen LogP contribution in [0.2, 0.25) is 0 Å². The number of piperidine rings is 1. The molecule has 4 heteroatoms. The summed E-state index contributed by atoms with van der Waals surface area (Å²) in [6.07, 6.45) is 4.74. The van der Waals surface area contributed by atoms with E-state index in [2.05, 4.69) is 37.9 Å². The molecule has 0 spiro atoms. The van der Waals surface area contributed by atoms with Gasteiger partial charge in [-0.3, -0.25) is 9.69 Å². The number of carbonyl (C=O) groups excluding carboxylic acids is 1. The fourth-order valence-corrected chi connectivity index (χ4v) is 2.80. The highest BCUT2D eigenvalue weighted by Crippen LogP contribution is 2.20. The normalized spacial score (nSPS) is 19.9. The van der Waals surface area contributed by atoms with Crippen LogP contribution in [0.25, 0.3) is 0 Å². The molecule has 1 fully saturated rings. The first-order chi connectivity index (χ1) is 9.32. The Hall–Kier alpha value is -0.610. The monoisotopic (exact) mass is 283 g/mol. The molecule has 1 aliphatic rings. The Bertz CT molecular complexity index is 291. The Morgan fingerprint density at radius 3 is 2.40 bits per heavy atom. The summed E-state index contributed by atoms with van der Waals surface area (Å²) >= 11 is 0. The van der Waals surface area contributed by atoms with Crippen molar-refractivity contribution in [2.24, 2.45) is 11.7 Å². The second kappa shape index (κ2) is 7.99. The zero-order valence-corrected chi connectivity index (χ0v) is 13.7. The number of nitrogens with zero attached hydrogens (tertiary/aromatic N) is 1. The topological polar surface area (TPSA) is 58.4 Å². The van der Waals surface area contributed by atoms with Crippen LogP contribution < -0.4 is 11.1 Å². The summed E-state index contributed by atoms with van der Waals surface area (Å²) in [5.74, 6) is 0.761. The van der Waals surface area contributed by atoms with Crippen LogP contribution in [0.1, 0.15) is 59.8 Å². The van der Waals surface area contributed by atoms with Crippen molar-refractivity contribution >= 4 is 5.91 Å². The highest BCUT2D eigenvalue weighted by atomic mass is 16.1. The maximum absolute atomic E-state index is 11.9. The number of hydrogen-bond donors (Lipinski definition) is 2. The van der Waals surface area contributed by atoms with Crippen molar-refractivity contribution in [3.63, 3.8) is 0 Å². The molecular weight excluding hydrogens is 250 g/mol. The Balaban J connectivity index is 2.21. The maximum atomic E-state index is 11.9. The van der Waals surface area contributed by atoms with Crippen LogP contribution >= 0.6 is 0 Å². The molecule has 118 valence electrons. The Labute approximate surface area is 124 Å². The lowest BCUT2D eigenvalue weighted by molar-refractivity contribution is -0.122. The van der Waals surface area contributed by atoms with E-state index in [-0.39, 0.29) is 11.4 Å². The summed E-state index contributed by atoms with van der Waals surface area (Å²) < 4.78 is 0. The zero-order chi connectivity index (χ0) is 15.2. The van der Waals surface area contributed by atoms with E-state index in [9.17, 15) is 4.79 Å². The van der Waals surface area contributed by atoms with Gasteiger partial charge in [-0.15, -0.1) is 0 Å². The molecule has 1 rings (SSSR count). The third kappa shape index (κ3) is 6.23. The molecule has 0 saturated carbocycles. The highest BCUT2D eigenvalue weighted by Gasteiger charge is 2.27. The molecule has 1 amide bonds. The van der Waals surface area contributed by atoms with Crippen molar-refractivity contribution in [2.45, 2.75) is 71.4 Å². The van der Waals surface area contributed by atoms with Gasteiger partial charge in [-0.2, -0.15) is 0 Å². The standard InChI is InChI=1S/C16H33N3O/c1-13(7-10-17)5-6-15(20)18-14-8-11-19(12-9-14)16(2,3)4/h13-14H,5-12,17H2,1-4H3,(H,18,20). The van der Waals surface area contributed by atoms with Crippen molar-refractivity contribution in [1.82, 2.24) is 10.2 Å². The first kappa shape index (κ1) is 17.4. The summed E-state index contributed by atoms with van der Waals surface area (Å²) in [6, 6.07) is 0.367. The van der Waals surface area contributed by atoms with Gasteiger partial charge in [0.25, 0.3) is 0 Å². The van der Waals surface area contributed by atoms with Crippen LogP contribution in [-0.4, -0.2) is 42.0 Å². The number of likely N-dealkylation sites (tertiary alicyclic amines) is 1. The zero-order valence-electron chi connectivity index (χ0n) is 13.7. The third-order valence-corrected chi connectivity index (χ3v) is 4.33. The second-order valence-corrected chi connectivity index (χ2v) is 7.22. The molecule has 3 N–H and O–H groups in total. The molecule has 0 aromatic carbocycles. The van der Waals surface area contributed by atoms with Crippen LogP contribution in [-0.2, 0) is 4.79 Å². The number of amides is 1. The van der Waals surface area contributed by atoms with E-state index in [1.54, 1.807) is 0 Å². The number of carbonyl (C=O) groups is 1. The number of nitrogens with two attached hydrogens (primary N) is 1.